The van der Waals surface area contributed by atoms with Crippen LogP contribution in [0.3, 0.4) is 0 Å². The van der Waals surface area contributed by atoms with Crippen LogP contribution < -0.4 is 24.0 Å². The van der Waals surface area contributed by atoms with Gasteiger partial charge < -0.3 is 9.90 Å². The van der Waals surface area contributed by atoms with Gasteiger partial charge in [-0.25, -0.2) is 4.98 Å². The van der Waals surface area contributed by atoms with Crippen LogP contribution >= 0.6 is 11.3 Å². The van der Waals surface area contributed by atoms with Crippen molar-refractivity contribution in [3.8, 4) is 10.6 Å². The number of hydrogen-bond acceptors (Lipinski definition) is 4. The maximum Gasteiger partial charge on any atom is 1.00 e. The summed E-state index contributed by atoms with van der Waals surface area (Å²) < 4.78 is 0. The molecule has 0 atom stereocenters. The summed E-state index contributed by atoms with van der Waals surface area (Å²) in [4.78, 5) is 15.7. The first kappa shape index (κ1) is 14.0. The molecule has 5 heteroatoms. The topological polar surface area (TPSA) is 53.0 Å². The van der Waals surface area contributed by atoms with Gasteiger partial charge in [-0.05, 0) is 6.92 Å². The molecule has 3 nitrogen and oxygen atoms in total. The number of aryl methyl sites for hydroxylation is 1. The number of benzene rings is 1. The maximum atomic E-state index is 10.5. The van der Waals surface area contributed by atoms with Crippen molar-refractivity contribution < 1.29 is 28.8 Å². The first-order valence-electron chi connectivity index (χ1n) is 4.88. The van der Waals surface area contributed by atoms with Gasteiger partial charge in [0.05, 0.1) is 5.69 Å². The summed E-state index contributed by atoms with van der Waals surface area (Å²) in [6.45, 7) is 1.82. The van der Waals surface area contributed by atoms with E-state index >= 15 is 0 Å². The Hall–Kier alpha value is -1.08. The summed E-state index contributed by atoms with van der Waals surface area (Å²) in [6.07, 6.45) is -0.0592. The van der Waals surface area contributed by atoms with Crippen molar-refractivity contribution in [2.75, 3.05) is 0 Å². The molecule has 0 fully saturated rings. The van der Waals surface area contributed by atoms with Gasteiger partial charge in [0.2, 0.25) is 0 Å². The van der Waals surface area contributed by atoms with Crippen LogP contribution in [0.2, 0.25) is 0 Å². The number of nitrogens with zero attached hydrogens (tertiary/aromatic N) is 1. The Morgan fingerprint density at radius 1 is 1.35 bits per heavy atom. The number of rotatable bonds is 3. The van der Waals surface area contributed by atoms with Crippen molar-refractivity contribution in [2.24, 2.45) is 0 Å². The van der Waals surface area contributed by atoms with Gasteiger partial charge in [0.1, 0.15) is 5.01 Å². The van der Waals surface area contributed by atoms with Gasteiger partial charge in [0.15, 0.2) is 0 Å². The van der Waals surface area contributed by atoms with Gasteiger partial charge in [-0.2, -0.15) is 0 Å². The van der Waals surface area contributed by atoms with E-state index in [2.05, 4.69) is 4.98 Å². The molecule has 0 saturated heterocycles. The van der Waals surface area contributed by atoms with Crippen molar-refractivity contribution in [1.29, 1.82) is 0 Å². The molecule has 0 radical (unpaired) electrons. The van der Waals surface area contributed by atoms with E-state index in [-0.39, 0.29) is 25.3 Å². The Kier molecular flexibility index (Phi) is 4.95. The minimum Gasteiger partial charge on any atom is -0.550 e. The first-order chi connectivity index (χ1) is 7.66. The molecule has 1 aromatic carbocycles. The van der Waals surface area contributed by atoms with Crippen molar-refractivity contribution >= 4 is 17.3 Å². The monoisotopic (exact) mass is 239 g/mol. The Labute approximate surface area is 116 Å². The first-order valence-corrected chi connectivity index (χ1v) is 5.70. The molecule has 0 unspecified atom stereocenters. The summed E-state index contributed by atoms with van der Waals surface area (Å²) in [7, 11) is 0. The van der Waals surface area contributed by atoms with E-state index in [1.807, 2.05) is 37.3 Å². The number of hydrogen-bond donors (Lipinski definition) is 0. The number of aromatic nitrogens is 1. The van der Waals surface area contributed by atoms with Crippen molar-refractivity contribution in [2.45, 2.75) is 13.3 Å². The van der Waals surface area contributed by atoms with Crippen molar-refractivity contribution in [3.05, 3.63) is 40.9 Å². The number of carboxylic acid groups (broad SMARTS) is 1. The Morgan fingerprint density at radius 3 is 2.59 bits per heavy atom. The molecular formula is C12H10LiNO2S. The van der Waals surface area contributed by atoms with Gasteiger partial charge >= 0.3 is 18.9 Å². The van der Waals surface area contributed by atoms with Gasteiger partial charge in [0.25, 0.3) is 0 Å². The van der Waals surface area contributed by atoms with Gasteiger partial charge in [-0.1, -0.05) is 30.3 Å². The smallest absolute Gasteiger partial charge is 0.550 e. The molecule has 0 N–H and O–H groups in total. The maximum absolute atomic E-state index is 10.5. The predicted octanol–water partition coefficient (Wildman–Crippen LogP) is -1.59. The minimum absolute atomic E-state index is 0. The normalized spacial score (nSPS) is 9.71. The van der Waals surface area contributed by atoms with E-state index in [0.717, 1.165) is 21.1 Å². The zero-order valence-corrected chi connectivity index (χ0v) is 10.6. The molecule has 0 aliphatic heterocycles. The van der Waals surface area contributed by atoms with Crippen LogP contribution in [-0.4, -0.2) is 11.0 Å². The van der Waals surface area contributed by atoms with Crippen LogP contribution in [0.5, 0.6) is 0 Å². The average molecular weight is 239 g/mol. The molecule has 1 heterocycles. The molecule has 2 rings (SSSR count). The van der Waals surface area contributed by atoms with Crippen LogP contribution in [0.25, 0.3) is 10.6 Å². The quantitative estimate of drug-likeness (QED) is 0.607. The zero-order chi connectivity index (χ0) is 11.5. The van der Waals surface area contributed by atoms with E-state index in [9.17, 15) is 9.90 Å². The molecule has 0 bridgehead atoms. The molecule has 0 spiro atoms. The van der Waals surface area contributed by atoms with E-state index in [1.54, 1.807) is 0 Å². The third-order valence-electron chi connectivity index (χ3n) is 2.22. The summed E-state index contributed by atoms with van der Waals surface area (Å²) >= 11 is 1.41. The standard InChI is InChI=1S/C12H11NO2S.Li/c1-8-10(7-11(14)15)16-12(13-8)9-5-3-2-4-6-9;/h2-6H,7H2,1H3,(H,14,15);/q;+1/p-1. The Morgan fingerprint density at radius 2 is 2.00 bits per heavy atom. The SMILES string of the molecule is Cc1nc(-c2ccccc2)sc1CC(=O)[O-].[Li+]. The molecule has 1 aromatic heterocycles. The van der Waals surface area contributed by atoms with Crippen molar-refractivity contribution in [1.82, 2.24) is 4.98 Å². The molecule has 0 aliphatic rings. The second kappa shape index (κ2) is 6.01. The minimum atomic E-state index is -1.06. The molecule has 2 aromatic rings. The van der Waals surface area contributed by atoms with Crippen molar-refractivity contribution in [3.63, 3.8) is 0 Å². The van der Waals surface area contributed by atoms with Gasteiger partial charge in [0, 0.05) is 22.8 Å². The third kappa shape index (κ3) is 3.44. The Bertz CT molecular complexity index is 510. The average Bonchev–Trinajstić information content (AvgIpc) is 2.61. The molecule has 0 aliphatic carbocycles. The molecule has 82 valence electrons. The number of carbonyl (C=O) groups excluding carboxylic acids is 1. The second-order valence-corrected chi connectivity index (χ2v) is 4.53. The van der Waals surface area contributed by atoms with Gasteiger partial charge in [-0.15, -0.1) is 11.3 Å². The zero-order valence-electron chi connectivity index (χ0n) is 9.77. The fourth-order valence-corrected chi connectivity index (χ4v) is 2.48. The number of thiazole rings is 1. The summed E-state index contributed by atoms with van der Waals surface area (Å²) in [5.41, 5.74) is 1.79. The molecule has 0 amide bonds. The molecule has 17 heavy (non-hydrogen) atoms. The van der Waals surface area contributed by atoms with Crippen LogP contribution in [-0.2, 0) is 11.2 Å². The second-order valence-electron chi connectivity index (χ2n) is 3.44. The van der Waals surface area contributed by atoms with E-state index < -0.39 is 5.97 Å². The molecular weight excluding hydrogens is 229 g/mol. The fourth-order valence-electron chi connectivity index (χ4n) is 1.43. The van der Waals surface area contributed by atoms with Crippen LogP contribution in [0, 0.1) is 6.92 Å². The Balaban J connectivity index is 0.00000144. The fraction of sp³-hybridized carbons (Fsp3) is 0.167. The van der Waals surface area contributed by atoms with E-state index in [1.165, 1.54) is 11.3 Å². The molecule has 0 saturated carbocycles. The van der Waals surface area contributed by atoms with E-state index in [4.69, 9.17) is 0 Å². The number of aliphatic carboxylic acids is 1. The summed E-state index contributed by atoms with van der Waals surface area (Å²) in [5, 5.41) is 11.4. The third-order valence-corrected chi connectivity index (χ3v) is 3.42. The van der Waals surface area contributed by atoms with Crippen LogP contribution in [0.4, 0.5) is 0 Å². The predicted molar refractivity (Wildman–Crippen MR) is 61.0 cm³/mol. The van der Waals surface area contributed by atoms with Crippen LogP contribution in [0.15, 0.2) is 30.3 Å². The largest absolute Gasteiger partial charge is 1.00 e. The number of carbonyl (C=O) groups is 1. The number of carboxylic acids is 1. The van der Waals surface area contributed by atoms with E-state index in [0.29, 0.717) is 0 Å². The summed E-state index contributed by atoms with van der Waals surface area (Å²) in [6, 6.07) is 9.73. The summed E-state index contributed by atoms with van der Waals surface area (Å²) in [5.74, 6) is -1.06. The van der Waals surface area contributed by atoms with Gasteiger partial charge in [-0.3, -0.25) is 0 Å². The van der Waals surface area contributed by atoms with Crippen LogP contribution in [0.1, 0.15) is 10.6 Å².